The van der Waals surface area contributed by atoms with Gasteiger partial charge in [0.2, 0.25) is 0 Å². The van der Waals surface area contributed by atoms with Crippen molar-refractivity contribution in [3.05, 3.63) is 59.2 Å². The molecule has 0 bridgehead atoms. The van der Waals surface area contributed by atoms with Crippen LogP contribution in [0.1, 0.15) is 65.9 Å². The molecule has 0 amide bonds. The molecule has 0 saturated carbocycles. The fourth-order valence-electron chi connectivity index (χ4n) is 2.13. The first-order valence-corrected chi connectivity index (χ1v) is 8.31. The predicted octanol–water partition coefficient (Wildman–Crippen LogP) is 7.11. The van der Waals surface area contributed by atoms with Crippen molar-refractivity contribution in [2.24, 2.45) is 5.92 Å². The Morgan fingerprint density at radius 3 is 2.05 bits per heavy atom. The summed E-state index contributed by atoms with van der Waals surface area (Å²) >= 11 is 0. The Morgan fingerprint density at radius 2 is 1.76 bits per heavy atom. The van der Waals surface area contributed by atoms with E-state index in [4.69, 9.17) is 0 Å². The third kappa shape index (κ3) is 11.1. The highest BCUT2D eigenvalue weighted by atomic mass is 14.1. The first kappa shape index (κ1) is 19.7. The molecule has 0 unspecified atom stereocenters. The lowest BCUT2D eigenvalue weighted by molar-refractivity contribution is 0.538. The van der Waals surface area contributed by atoms with Crippen LogP contribution in [0, 0.1) is 12.8 Å². The Balaban J connectivity index is 0.000000300. The molecule has 1 aliphatic rings. The van der Waals surface area contributed by atoms with Crippen molar-refractivity contribution in [3.63, 3.8) is 0 Å². The maximum absolute atomic E-state index is 2.42. The van der Waals surface area contributed by atoms with E-state index in [2.05, 4.69) is 58.9 Å². The molecule has 0 fully saturated rings. The van der Waals surface area contributed by atoms with Crippen molar-refractivity contribution in [2.45, 2.75) is 67.2 Å². The Hall–Kier alpha value is -1.30. The zero-order valence-corrected chi connectivity index (χ0v) is 14.9. The topological polar surface area (TPSA) is 0 Å². The van der Waals surface area contributed by atoms with Gasteiger partial charge in [0.15, 0.2) is 0 Å². The Morgan fingerprint density at radius 1 is 1.19 bits per heavy atom. The number of aryl methyl sites for hydroxylation is 1. The first-order chi connectivity index (χ1) is 10.0. The van der Waals surface area contributed by atoms with Gasteiger partial charge in [0.1, 0.15) is 0 Å². The summed E-state index contributed by atoms with van der Waals surface area (Å²) in [5.74, 6) is 0.878. The Kier molecular flexibility index (Phi) is 11.7. The van der Waals surface area contributed by atoms with Crippen LogP contribution >= 0.6 is 0 Å². The minimum atomic E-state index is 0.878. The number of benzene rings is 1. The summed E-state index contributed by atoms with van der Waals surface area (Å²) in [6.07, 6.45) is 9.92. The zero-order chi connectivity index (χ0) is 16.1. The van der Waals surface area contributed by atoms with Crippen LogP contribution in [-0.2, 0) is 0 Å². The fourth-order valence-corrected chi connectivity index (χ4v) is 2.13. The van der Waals surface area contributed by atoms with E-state index in [1.807, 2.05) is 25.1 Å². The predicted molar refractivity (Wildman–Crippen MR) is 97.7 cm³/mol. The van der Waals surface area contributed by atoms with E-state index in [-0.39, 0.29) is 0 Å². The van der Waals surface area contributed by atoms with Crippen molar-refractivity contribution in [3.8, 4) is 0 Å². The normalized spacial score (nSPS) is 16.5. The Bertz CT molecular complexity index is 405. The van der Waals surface area contributed by atoms with Crippen LogP contribution in [0.2, 0.25) is 0 Å². The molecule has 0 nitrogen and oxygen atoms in total. The van der Waals surface area contributed by atoms with Gasteiger partial charge in [0, 0.05) is 0 Å². The summed E-state index contributed by atoms with van der Waals surface area (Å²) in [7, 11) is 0. The van der Waals surface area contributed by atoms with E-state index in [0.29, 0.717) is 0 Å². The maximum Gasteiger partial charge on any atom is -0.0232 e. The average Bonchev–Trinajstić information content (AvgIpc) is 2.50. The lowest BCUT2D eigenvalue weighted by Crippen LogP contribution is -2.02. The second-order valence-electron chi connectivity index (χ2n) is 5.99. The van der Waals surface area contributed by atoms with Gasteiger partial charge >= 0.3 is 0 Å². The highest BCUT2D eigenvalue weighted by Gasteiger charge is 2.09. The van der Waals surface area contributed by atoms with E-state index in [1.165, 1.54) is 36.8 Å². The van der Waals surface area contributed by atoms with Gasteiger partial charge in [0.25, 0.3) is 0 Å². The van der Waals surface area contributed by atoms with Crippen molar-refractivity contribution in [1.82, 2.24) is 0 Å². The van der Waals surface area contributed by atoms with Crippen molar-refractivity contribution < 1.29 is 0 Å². The molecule has 2 rings (SSSR count). The van der Waals surface area contributed by atoms with Crippen LogP contribution in [0.4, 0.5) is 0 Å². The second kappa shape index (κ2) is 12.4. The molecule has 0 saturated heterocycles. The zero-order valence-electron chi connectivity index (χ0n) is 14.9. The molecule has 0 heterocycles. The maximum atomic E-state index is 2.42. The van der Waals surface area contributed by atoms with E-state index < -0.39 is 0 Å². The largest absolute Gasteiger partial charge is 0.0890 e. The van der Waals surface area contributed by atoms with Crippen LogP contribution in [-0.4, -0.2) is 0 Å². The van der Waals surface area contributed by atoms with Crippen molar-refractivity contribution in [2.75, 3.05) is 0 Å². The van der Waals surface area contributed by atoms with Crippen LogP contribution in [0.3, 0.4) is 0 Å². The minimum Gasteiger partial charge on any atom is -0.0890 e. The monoisotopic (exact) mass is 286 g/mol. The molecule has 0 aromatic heterocycles. The minimum absolute atomic E-state index is 0.878. The molecule has 0 spiro atoms. The molecular formula is C21H34. The summed E-state index contributed by atoms with van der Waals surface area (Å²) in [5, 5.41) is 0. The van der Waals surface area contributed by atoms with E-state index in [0.717, 1.165) is 5.92 Å². The molecular weight excluding hydrogens is 252 g/mol. The van der Waals surface area contributed by atoms with Gasteiger partial charge in [-0.05, 0) is 59.3 Å². The highest BCUT2D eigenvalue weighted by molar-refractivity contribution is 5.11. The summed E-state index contributed by atoms with van der Waals surface area (Å²) in [6, 6.07) is 10.3. The molecule has 21 heavy (non-hydrogen) atoms. The molecule has 1 aliphatic carbocycles. The van der Waals surface area contributed by atoms with Gasteiger partial charge in [-0.25, -0.2) is 0 Å². The Labute approximate surface area is 133 Å². The summed E-state index contributed by atoms with van der Waals surface area (Å²) in [6.45, 7) is 12.9. The molecule has 1 aromatic carbocycles. The number of rotatable bonds is 1. The lowest BCUT2D eigenvalue weighted by Gasteiger charge is -2.18. The van der Waals surface area contributed by atoms with Gasteiger partial charge in [-0.3, -0.25) is 0 Å². The number of hydrogen-bond donors (Lipinski definition) is 0. The van der Waals surface area contributed by atoms with Crippen LogP contribution < -0.4 is 0 Å². The molecule has 118 valence electrons. The van der Waals surface area contributed by atoms with Crippen LogP contribution in [0.25, 0.3) is 0 Å². The van der Waals surface area contributed by atoms with E-state index in [9.17, 15) is 0 Å². The third-order valence-electron chi connectivity index (χ3n) is 3.81. The molecule has 0 radical (unpaired) electrons. The van der Waals surface area contributed by atoms with Crippen molar-refractivity contribution in [1.29, 1.82) is 0 Å². The fraction of sp³-hybridized carbons (Fsp3) is 0.524. The molecule has 1 atom stereocenters. The molecule has 0 heteroatoms. The van der Waals surface area contributed by atoms with Gasteiger partial charge in [-0.2, -0.15) is 0 Å². The smallest absolute Gasteiger partial charge is 0.0232 e. The van der Waals surface area contributed by atoms with E-state index in [1.54, 1.807) is 5.57 Å². The van der Waals surface area contributed by atoms with Crippen LogP contribution in [0.15, 0.2) is 53.6 Å². The van der Waals surface area contributed by atoms with Crippen molar-refractivity contribution >= 4 is 0 Å². The van der Waals surface area contributed by atoms with Gasteiger partial charge in [0.05, 0.1) is 0 Å². The standard InChI is InChI=1S/C9H16.C7H8.C5H10/c1-3-9-7-5-4-6-8(9)2;1-7-5-3-2-4-6-7;1-4-5(2)3/h7-8H,3-6H2,1-2H3;2-6H,1H3;4H,1-3H3/t8-;;/m1../s1. The van der Waals surface area contributed by atoms with Crippen LogP contribution in [0.5, 0.6) is 0 Å². The molecule has 0 N–H and O–H groups in total. The summed E-state index contributed by atoms with van der Waals surface area (Å²) in [5.41, 5.74) is 4.38. The highest BCUT2D eigenvalue weighted by Crippen LogP contribution is 2.25. The molecule has 1 aromatic rings. The first-order valence-electron chi connectivity index (χ1n) is 8.31. The van der Waals surface area contributed by atoms with Gasteiger partial charge in [-0.1, -0.05) is 73.0 Å². The molecule has 0 aliphatic heterocycles. The van der Waals surface area contributed by atoms with E-state index >= 15 is 0 Å². The SMILES string of the molecule is CC=C(C)C.CCC1=CCCC[C@H]1C.Cc1ccccc1. The lowest BCUT2D eigenvalue weighted by atomic mass is 9.88. The van der Waals surface area contributed by atoms with Gasteiger partial charge < -0.3 is 0 Å². The summed E-state index contributed by atoms with van der Waals surface area (Å²) < 4.78 is 0. The van der Waals surface area contributed by atoms with Gasteiger partial charge in [-0.15, -0.1) is 0 Å². The third-order valence-corrected chi connectivity index (χ3v) is 3.81. The average molecular weight is 287 g/mol. The summed E-state index contributed by atoms with van der Waals surface area (Å²) in [4.78, 5) is 0. The number of hydrogen-bond acceptors (Lipinski definition) is 0. The quantitative estimate of drug-likeness (QED) is 0.482. The number of allylic oxidation sites excluding steroid dienone is 4. The second-order valence-corrected chi connectivity index (χ2v) is 5.99.